The average Bonchev–Trinajstić information content (AvgIpc) is 2.32. The van der Waals surface area contributed by atoms with Gasteiger partial charge in [0.05, 0.1) is 14.9 Å². The summed E-state index contributed by atoms with van der Waals surface area (Å²) in [4.78, 5) is 0.281. The van der Waals surface area contributed by atoms with Crippen molar-refractivity contribution in [1.82, 2.24) is 0 Å². The van der Waals surface area contributed by atoms with Crippen LogP contribution in [0.5, 0.6) is 0 Å². The molecule has 5 heteroatoms. The van der Waals surface area contributed by atoms with Crippen molar-refractivity contribution in [2.24, 2.45) is 0 Å². The quantitative estimate of drug-likeness (QED) is 0.838. The van der Waals surface area contributed by atoms with Crippen molar-refractivity contribution in [3.05, 3.63) is 52.5 Å². The summed E-state index contributed by atoms with van der Waals surface area (Å²) in [6.45, 7) is 0. The molecule has 18 heavy (non-hydrogen) atoms. The Morgan fingerprint density at radius 2 is 1.61 bits per heavy atom. The molecule has 2 nitrogen and oxygen atoms in total. The Balaban J connectivity index is 2.68. The number of hydrogen-bond donors (Lipinski definition) is 0. The zero-order valence-electron chi connectivity index (χ0n) is 9.52. The zero-order chi connectivity index (χ0) is 13.3. The molecule has 0 spiro atoms. The average molecular weight is 301 g/mol. The first-order chi connectivity index (χ1) is 8.39. The van der Waals surface area contributed by atoms with Crippen LogP contribution in [0.25, 0.3) is 11.1 Å². The van der Waals surface area contributed by atoms with Crippen LogP contribution >= 0.6 is 23.2 Å². The van der Waals surface area contributed by atoms with Crippen molar-refractivity contribution >= 4 is 33.0 Å². The van der Waals surface area contributed by atoms with Crippen molar-refractivity contribution in [3.63, 3.8) is 0 Å². The maximum Gasteiger partial charge on any atom is 0.176 e. The van der Waals surface area contributed by atoms with Gasteiger partial charge in [-0.05, 0) is 23.8 Å². The van der Waals surface area contributed by atoms with Crippen molar-refractivity contribution in [2.45, 2.75) is 4.90 Å². The van der Waals surface area contributed by atoms with Gasteiger partial charge in [-0.3, -0.25) is 0 Å². The standard InChI is InChI=1S/C13H10Cl2O2S/c1-18(16,17)13-5-3-2-4-10(13)9-6-7-11(14)12(15)8-9/h2-8H,1H3. The van der Waals surface area contributed by atoms with Crippen LogP contribution in [0.3, 0.4) is 0 Å². The van der Waals surface area contributed by atoms with Crippen LogP contribution in [0, 0.1) is 0 Å². The third-order valence-corrected chi connectivity index (χ3v) is 4.41. The van der Waals surface area contributed by atoms with E-state index >= 15 is 0 Å². The van der Waals surface area contributed by atoms with Gasteiger partial charge in [-0.1, -0.05) is 47.5 Å². The molecular formula is C13H10Cl2O2S. The number of halogens is 2. The molecule has 0 bridgehead atoms. The van der Waals surface area contributed by atoms with Gasteiger partial charge in [-0.2, -0.15) is 0 Å². The van der Waals surface area contributed by atoms with Gasteiger partial charge in [-0.15, -0.1) is 0 Å². The van der Waals surface area contributed by atoms with Crippen LogP contribution in [0.1, 0.15) is 0 Å². The van der Waals surface area contributed by atoms with Crippen molar-refractivity contribution < 1.29 is 8.42 Å². The zero-order valence-corrected chi connectivity index (χ0v) is 11.9. The van der Waals surface area contributed by atoms with E-state index < -0.39 is 9.84 Å². The Labute approximate surface area is 116 Å². The number of benzene rings is 2. The minimum Gasteiger partial charge on any atom is -0.224 e. The summed E-state index contributed by atoms with van der Waals surface area (Å²) in [6, 6.07) is 11.9. The second-order valence-electron chi connectivity index (χ2n) is 3.90. The summed E-state index contributed by atoms with van der Waals surface area (Å²) in [5.74, 6) is 0. The van der Waals surface area contributed by atoms with Crippen LogP contribution in [0.4, 0.5) is 0 Å². The topological polar surface area (TPSA) is 34.1 Å². The van der Waals surface area contributed by atoms with Gasteiger partial charge in [0, 0.05) is 11.8 Å². The molecule has 94 valence electrons. The molecule has 0 aliphatic carbocycles. The monoisotopic (exact) mass is 300 g/mol. The van der Waals surface area contributed by atoms with E-state index in [2.05, 4.69) is 0 Å². The third kappa shape index (κ3) is 2.69. The Hall–Kier alpha value is -1.03. The first kappa shape index (κ1) is 13.4. The molecule has 0 heterocycles. The minimum absolute atomic E-state index is 0.281. The smallest absolute Gasteiger partial charge is 0.176 e. The van der Waals surface area contributed by atoms with Crippen molar-refractivity contribution in [1.29, 1.82) is 0 Å². The lowest BCUT2D eigenvalue weighted by Crippen LogP contribution is -1.99. The molecule has 0 aliphatic heterocycles. The van der Waals surface area contributed by atoms with E-state index in [-0.39, 0.29) is 4.90 Å². The van der Waals surface area contributed by atoms with Crippen LogP contribution in [-0.4, -0.2) is 14.7 Å². The van der Waals surface area contributed by atoms with Gasteiger partial charge in [0.1, 0.15) is 0 Å². The lowest BCUT2D eigenvalue weighted by molar-refractivity contribution is 0.602. The summed E-state index contributed by atoms with van der Waals surface area (Å²) >= 11 is 11.8. The van der Waals surface area contributed by atoms with E-state index in [4.69, 9.17) is 23.2 Å². The number of sulfone groups is 1. The van der Waals surface area contributed by atoms with E-state index in [0.717, 1.165) is 5.56 Å². The van der Waals surface area contributed by atoms with Gasteiger partial charge < -0.3 is 0 Å². The summed E-state index contributed by atoms with van der Waals surface area (Å²) < 4.78 is 23.4. The maximum absolute atomic E-state index is 11.7. The summed E-state index contributed by atoms with van der Waals surface area (Å²) in [5, 5.41) is 0.842. The summed E-state index contributed by atoms with van der Waals surface area (Å²) in [7, 11) is -3.28. The highest BCUT2D eigenvalue weighted by atomic mass is 35.5. The fraction of sp³-hybridized carbons (Fsp3) is 0.0769. The minimum atomic E-state index is -3.28. The highest BCUT2D eigenvalue weighted by molar-refractivity contribution is 7.90. The number of rotatable bonds is 2. The molecule has 0 aliphatic rings. The first-order valence-corrected chi connectivity index (χ1v) is 7.79. The molecule has 0 saturated heterocycles. The van der Waals surface area contributed by atoms with Gasteiger partial charge in [0.25, 0.3) is 0 Å². The summed E-state index contributed by atoms with van der Waals surface area (Å²) in [6.07, 6.45) is 1.18. The lowest BCUT2D eigenvalue weighted by Gasteiger charge is -2.08. The molecule has 0 unspecified atom stereocenters. The fourth-order valence-electron chi connectivity index (χ4n) is 1.69. The molecule has 0 atom stereocenters. The van der Waals surface area contributed by atoms with Crippen LogP contribution in [-0.2, 0) is 9.84 Å². The molecule has 0 fully saturated rings. The molecule has 0 N–H and O–H groups in total. The van der Waals surface area contributed by atoms with Crippen LogP contribution < -0.4 is 0 Å². The predicted octanol–water partition coefficient (Wildman–Crippen LogP) is 4.06. The van der Waals surface area contributed by atoms with Gasteiger partial charge in [0.2, 0.25) is 0 Å². The molecule has 0 saturated carbocycles. The molecule has 2 aromatic rings. The van der Waals surface area contributed by atoms with Gasteiger partial charge in [-0.25, -0.2) is 8.42 Å². The molecule has 0 amide bonds. The molecule has 2 rings (SSSR count). The van der Waals surface area contributed by atoms with E-state index in [1.807, 2.05) is 0 Å². The summed E-state index contributed by atoms with van der Waals surface area (Å²) in [5.41, 5.74) is 1.35. The molecule has 2 aromatic carbocycles. The number of hydrogen-bond acceptors (Lipinski definition) is 2. The Morgan fingerprint density at radius 3 is 2.22 bits per heavy atom. The third-order valence-electron chi connectivity index (χ3n) is 2.52. The SMILES string of the molecule is CS(=O)(=O)c1ccccc1-c1ccc(Cl)c(Cl)c1. The Kier molecular flexibility index (Phi) is 3.66. The van der Waals surface area contributed by atoms with E-state index in [1.165, 1.54) is 6.26 Å². The van der Waals surface area contributed by atoms with Gasteiger partial charge in [0.15, 0.2) is 9.84 Å². The predicted molar refractivity (Wildman–Crippen MR) is 75.0 cm³/mol. The highest BCUT2D eigenvalue weighted by Gasteiger charge is 2.14. The second kappa shape index (κ2) is 4.92. The molecular weight excluding hydrogens is 291 g/mol. The van der Waals surface area contributed by atoms with E-state index in [1.54, 1.807) is 42.5 Å². The molecule has 0 radical (unpaired) electrons. The maximum atomic E-state index is 11.7. The van der Waals surface area contributed by atoms with E-state index in [0.29, 0.717) is 15.6 Å². The van der Waals surface area contributed by atoms with Crippen LogP contribution in [0.15, 0.2) is 47.4 Å². The molecule has 0 aromatic heterocycles. The normalized spacial score (nSPS) is 11.5. The van der Waals surface area contributed by atoms with Crippen molar-refractivity contribution in [2.75, 3.05) is 6.26 Å². The largest absolute Gasteiger partial charge is 0.224 e. The highest BCUT2D eigenvalue weighted by Crippen LogP contribution is 2.32. The second-order valence-corrected chi connectivity index (χ2v) is 6.70. The lowest BCUT2D eigenvalue weighted by atomic mass is 10.1. The van der Waals surface area contributed by atoms with Crippen molar-refractivity contribution in [3.8, 4) is 11.1 Å². The van der Waals surface area contributed by atoms with E-state index in [9.17, 15) is 8.42 Å². The Bertz CT molecular complexity index is 694. The van der Waals surface area contributed by atoms with Gasteiger partial charge >= 0.3 is 0 Å². The Morgan fingerprint density at radius 1 is 0.944 bits per heavy atom. The fourth-order valence-corrected chi connectivity index (χ4v) is 2.90. The van der Waals surface area contributed by atoms with Crippen LogP contribution in [0.2, 0.25) is 10.0 Å². The first-order valence-electron chi connectivity index (χ1n) is 5.14.